The maximum atomic E-state index is 5.99. The highest BCUT2D eigenvalue weighted by Crippen LogP contribution is 2.41. The van der Waals surface area contributed by atoms with Gasteiger partial charge in [0.05, 0.1) is 0 Å². The molecule has 0 aromatic heterocycles. The van der Waals surface area contributed by atoms with Gasteiger partial charge in [-0.15, -0.1) is 0 Å². The minimum Gasteiger partial charge on any atom is -0.326 e. The summed E-state index contributed by atoms with van der Waals surface area (Å²) in [6.07, 6.45) is 5.49. The van der Waals surface area contributed by atoms with Gasteiger partial charge in [-0.2, -0.15) is 0 Å². The van der Waals surface area contributed by atoms with Crippen LogP contribution in [0.5, 0.6) is 0 Å². The summed E-state index contributed by atoms with van der Waals surface area (Å²) in [5, 5.41) is 0. The highest BCUT2D eigenvalue weighted by Gasteiger charge is 2.32. The standard InChI is InChI=1S/C12H25N/c1-9(2)5-10-6-11(7-10)8-12(3,4)13/h9-11H,5-8,13H2,1-4H3. The molecule has 0 aromatic rings. The van der Waals surface area contributed by atoms with E-state index in [-0.39, 0.29) is 5.54 Å². The Balaban J connectivity index is 2.12. The summed E-state index contributed by atoms with van der Waals surface area (Å²) >= 11 is 0. The van der Waals surface area contributed by atoms with Crippen LogP contribution in [0.1, 0.15) is 53.4 Å². The molecule has 13 heavy (non-hydrogen) atoms. The van der Waals surface area contributed by atoms with Crippen molar-refractivity contribution in [2.75, 3.05) is 0 Å². The molecule has 1 aliphatic rings. The Kier molecular flexibility index (Phi) is 3.39. The number of hydrogen-bond acceptors (Lipinski definition) is 1. The van der Waals surface area contributed by atoms with Crippen LogP contribution in [0.3, 0.4) is 0 Å². The molecule has 0 aliphatic heterocycles. The van der Waals surface area contributed by atoms with Crippen molar-refractivity contribution in [3.63, 3.8) is 0 Å². The van der Waals surface area contributed by atoms with Crippen molar-refractivity contribution in [2.24, 2.45) is 23.5 Å². The maximum Gasteiger partial charge on any atom is 0.00996 e. The molecule has 1 saturated carbocycles. The lowest BCUT2D eigenvalue weighted by Gasteiger charge is -2.39. The summed E-state index contributed by atoms with van der Waals surface area (Å²) in [7, 11) is 0. The van der Waals surface area contributed by atoms with Gasteiger partial charge in [0.1, 0.15) is 0 Å². The fourth-order valence-electron chi connectivity index (χ4n) is 2.64. The minimum atomic E-state index is 0.0491. The van der Waals surface area contributed by atoms with Crippen LogP contribution in [0.25, 0.3) is 0 Å². The van der Waals surface area contributed by atoms with E-state index < -0.39 is 0 Å². The molecule has 0 unspecified atom stereocenters. The fraction of sp³-hybridized carbons (Fsp3) is 1.00. The van der Waals surface area contributed by atoms with E-state index in [1.165, 1.54) is 25.7 Å². The number of hydrogen-bond donors (Lipinski definition) is 1. The fourth-order valence-corrected chi connectivity index (χ4v) is 2.64. The van der Waals surface area contributed by atoms with E-state index in [0.29, 0.717) is 0 Å². The second kappa shape index (κ2) is 4.00. The Hall–Kier alpha value is -0.0400. The zero-order valence-corrected chi connectivity index (χ0v) is 9.64. The van der Waals surface area contributed by atoms with E-state index in [1.807, 2.05) is 0 Å². The Bertz CT molecular complexity index is 149. The molecular formula is C12H25N. The van der Waals surface area contributed by atoms with Crippen LogP contribution >= 0.6 is 0 Å². The molecule has 0 heterocycles. The largest absolute Gasteiger partial charge is 0.326 e. The van der Waals surface area contributed by atoms with Gasteiger partial charge in [0, 0.05) is 5.54 Å². The third-order valence-corrected chi connectivity index (χ3v) is 2.95. The van der Waals surface area contributed by atoms with Crippen LogP contribution in [0, 0.1) is 17.8 Å². The van der Waals surface area contributed by atoms with Gasteiger partial charge in [0.15, 0.2) is 0 Å². The van der Waals surface area contributed by atoms with Crippen LogP contribution in [0.2, 0.25) is 0 Å². The van der Waals surface area contributed by atoms with Gasteiger partial charge in [-0.05, 0) is 57.3 Å². The van der Waals surface area contributed by atoms with Crippen molar-refractivity contribution in [3.8, 4) is 0 Å². The number of rotatable bonds is 4. The van der Waals surface area contributed by atoms with Gasteiger partial charge in [-0.1, -0.05) is 13.8 Å². The first-order valence-electron chi connectivity index (χ1n) is 5.65. The first kappa shape index (κ1) is 11.0. The zero-order valence-electron chi connectivity index (χ0n) is 9.64. The zero-order chi connectivity index (χ0) is 10.1. The molecule has 0 radical (unpaired) electrons. The van der Waals surface area contributed by atoms with E-state index >= 15 is 0 Å². The van der Waals surface area contributed by atoms with Crippen molar-refractivity contribution in [3.05, 3.63) is 0 Å². The Morgan fingerprint density at radius 1 is 1.23 bits per heavy atom. The highest BCUT2D eigenvalue weighted by atomic mass is 14.7. The first-order chi connectivity index (χ1) is 5.87. The Labute approximate surface area is 83.1 Å². The molecule has 0 atom stereocenters. The van der Waals surface area contributed by atoms with Crippen LogP contribution in [-0.2, 0) is 0 Å². The molecule has 0 saturated heterocycles. The second-order valence-corrected chi connectivity index (χ2v) is 6.03. The third-order valence-electron chi connectivity index (χ3n) is 2.95. The first-order valence-corrected chi connectivity index (χ1v) is 5.65. The van der Waals surface area contributed by atoms with Gasteiger partial charge in [0.2, 0.25) is 0 Å². The summed E-state index contributed by atoms with van der Waals surface area (Å²) in [4.78, 5) is 0. The SMILES string of the molecule is CC(C)CC1CC(CC(C)(C)N)C1. The predicted octanol–water partition coefficient (Wildman–Crippen LogP) is 3.19. The van der Waals surface area contributed by atoms with Crippen molar-refractivity contribution in [1.29, 1.82) is 0 Å². The highest BCUT2D eigenvalue weighted by molar-refractivity contribution is 4.86. The van der Waals surface area contributed by atoms with Crippen molar-refractivity contribution < 1.29 is 0 Å². The van der Waals surface area contributed by atoms with Crippen molar-refractivity contribution in [2.45, 2.75) is 58.9 Å². The molecule has 0 bridgehead atoms. The topological polar surface area (TPSA) is 26.0 Å². The molecule has 78 valence electrons. The number of nitrogens with two attached hydrogens (primary N) is 1. The van der Waals surface area contributed by atoms with Crippen LogP contribution < -0.4 is 5.73 Å². The predicted molar refractivity (Wildman–Crippen MR) is 58.6 cm³/mol. The van der Waals surface area contributed by atoms with Gasteiger partial charge in [0.25, 0.3) is 0 Å². The second-order valence-electron chi connectivity index (χ2n) is 6.03. The third kappa shape index (κ3) is 4.12. The normalized spacial score (nSPS) is 29.1. The van der Waals surface area contributed by atoms with Gasteiger partial charge >= 0.3 is 0 Å². The molecule has 1 aliphatic carbocycles. The summed E-state index contributed by atoms with van der Waals surface area (Å²) in [5.41, 5.74) is 6.04. The van der Waals surface area contributed by atoms with Gasteiger partial charge in [-0.25, -0.2) is 0 Å². The average molecular weight is 183 g/mol. The molecule has 0 aromatic carbocycles. The summed E-state index contributed by atoms with van der Waals surface area (Å²) in [6, 6.07) is 0. The molecule has 2 N–H and O–H groups in total. The van der Waals surface area contributed by atoms with E-state index in [2.05, 4.69) is 27.7 Å². The minimum absolute atomic E-state index is 0.0491. The molecule has 1 rings (SSSR count). The molecular weight excluding hydrogens is 158 g/mol. The molecule has 1 heteroatoms. The van der Waals surface area contributed by atoms with E-state index in [4.69, 9.17) is 5.73 Å². The van der Waals surface area contributed by atoms with Gasteiger partial charge < -0.3 is 5.73 Å². The molecule has 1 fully saturated rings. The van der Waals surface area contributed by atoms with Gasteiger partial charge in [-0.3, -0.25) is 0 Å². The summed E-state index contributed by atoms with van der Waals surface area (Å²) in [5.74, 6) is 2.80. The quantitative estimate of drug-likeness (QED) is 0.711. The lowest BCUT2D eigenvalue weighted by molar-refractivity contribution is 0.135. The smallest absolute Gasteiger partial charge is 0.00996 e. The average Bonchev–Trinajstić information content (AvgIpc) is 1.78. The van der Waals surface area contributed by atoms with Crippen LogP contribution in [0.15, 0.2) is 0 Å². The molecule has 0 spiro atoms. The van der Waals surface area contributed by atoms with Crippen molar-refractivity contribution in [1.82, 2.24) is 0 Å². The maximum absolute atomic E-state index is 5.99. The van der Waals surface area contributed by atoms with Crippen molar-refractivity contribution >= 4 is 0 Å². The van der Waals surface area contributed by atoms with E-state index in [9.17, 15) is 0 Å². The lowest BCUT2D eigenvalue weighted by Crippen LogP contribution is -2.38. The summed E-state index contributed by atoms with van der Waals surface area (Å²) in [6.45, 7) is 8.92. The summed E-state index contributed by atoms with van der Waals surface area (Å²) < 4.78 is 0. The molecule has 1 nitrogen and oxygen atoms in total. The van der Waals surface area contributed by atoms with E-state index in [0.717, 1.165) is 17.8 Å². The lowest BCUT2D eigenvalue weighted by atomic mass is 9.68. The molecule has 0 amide bonds. The van der Waals surface area contributed by atoms with E-state index in [1.54, 1.807) is 0 Å². The van der Waals surface area contributed by atoms with Crippen LogP contribution in [0.4, 0.5) is 0 Å². The Morgan fingerprint density at radius 2 is 1.77 bits per heavy atom. The Morgan fingerprint density at radius 3 is 2.15 bits per heavy atom. The van der Waals surface area contributed by atoms with Crippen LogP contribution in [-0.4, -0.2) is 5.54 Å². The monoisotopic (exact) mass is 183 g/mol.